The lowest BCUT2D eigenvalue weighted by Gasteiger charge is -2.57. The molecular weight excluding hydrogens is 302 g/mol. The molecule has 0 amide bonds. The summed E-state index contributed by atoms with van der Waals surface area (Å²) in [6, 6.07) is -0.465. The van der Waals surface area contributed by atoms with Gasteiger partial charge in [0.1, 0.15) is 6.04 Å². The Hall–Kier alpha value is -1.36. The fraction of sp³-hybridized carbons (Fsp3) is 0.789. The molecule has 24 heavy (non-hydrogen) atoms. The molecule has 5 heteroatoms. The molecule has 0 saturated heterocycles. The lowest BCUT2D eigenvalue weighted by molar-refractivity contribution is -0.139. The van der Waals surface area contributed by atoms with Gasteiger partial charge >= 0.3 is 5.97 Å². The van der Waals surface area contributed by atoms with E-state index in [2.05, 4.69) is 14.9 Å². The summed E-state index contributed by atoms with van der Waals surface area (Å²) in [5.74, 6) is 2.23. The molecule has 1 aromatic rings. The summed E-state index contributed by atoms with van der Waals surface area (Å²) in [7, 11) is 0. The van der Waals surface area contributed by atoms with Crippen molar-refractivity contribution >= 4 is 5.97 Å². The number of nitrogens with one attached hydrogen (secondary N) is 1. The van der Waals surface area contributed by atoms with Gasteiger partial charge in [-0.2, -0.15) is 0 Å². The average Bonchev–Trinajstić information content (AvgIpc) is 2.94. The first-order valence-corrected chi connectivity index (χ1v) is 9.59. The maximum atomic E-state index is 11.3. The van der Waals surface area contributed by atoms with Gasteiger partial charge in [0.25, 0.3) is 0 Å². The van der Waals surface area contributed by atoms with Gasteiger partial charge in [-0.15, -0.1) is 0 Å². The molecule has 5 aliphatic rings. The Morgan fingerprint density at radius 3 is 2.54 bits per heavy atom. The van der Waals surface area contributed by atoms with E-state index in [1.165, 1.54) is 44.9 Å². The summed E-state index contributed by atoms with van der Waals surface area (Å²) in [5.41, 5.74) is 2.76. The third kappa shape index (κ3) is 2.40. The zero-order valence-corrected chi connectivity index (χ0v) is 14.2. The van der Waals surface area contributed by atoms with Crippen LogP contribution in [-0.2, 0) is 24.3 Å². The topological polar surface area (TPSA) is 67.1 Å². The van der Waals surface area contributed by atoms with E-state index in [4.69, 9.17) is 0 Å². The summed E-state index contributed by atoms with van der Waals surface area (Å²) in [5, 5.41) is 12.3. The molecule has 2 heterocycles. The predicted molar refractivity (Wildman–Crippen MR) is 89.4 cm³/mol. The van der Waals surface area contributed by atoms with Crippen LogP contribution >= 0.6 is 0 Å². The van der Waals surface area contributed by atoms with Gasteiger partial charge in [0.2, 0.25) is 0 Å². The largest absolute Gasteiger partial charge is 0.480 e. The number of carboxylic acids is 1. The van der Waals surface area contributed by atoms with Crippen LogP contribution in [0.5, 0.6) is 0 Å². The molecule has 130 valence electrons. The second kappa shape index (κ2) is 5.32. The third-order valence-electron chi connectivity index (χ3n) is 7.29. The van der Waals surface area contributed by atoms with Crippen molar-refractivity contribution in [3.63, 3.8) is 0 Å². The van der Waals surface area contributed by atoms with Gasteiger partial charge in [-0.05, 0) is 68.1 Å². The molecule has 6 rings (SSSR count). The quantitative estimate of drug-likeness (QED) is 0.891. The average molecular weight is 329 g/mol. The van der Waals surface area contributed by atoms with E-state index in [0.29, 0.717) is 18.4 Å². The van der Waals surface area contributed by atoms with E-state index in [9.17, 15) is 9.90 Å². The highest BCUT2D eigenvalue weighted by Crippen LogP contribution is 2.61. The van der Waals surface area contributed by atoms with Crippen LogP contribution in [0.15, 0.2) is 6.33 Å². The first kappa shape index (κ1) is 14.9. The molecule has 4 saturated carbocycles. The lowest BCUT2D eigenvalue weighted by Crippen LogP contribution is -2.46. The Labute approximate surface area is 142 Å². The highest BCUT2D eigenvalue weighted by Gasteiger charge is 2.50. The predicted octanol–water partition coefficient (Wildman–Crippen LogP) is 2.59. The molecule has 0 aromatic carbocycles. The number of hydrogen-bond acceptors (Lipinski definition) is 3. The number of aliphatic carboxylic acids is 1. The number of imidazole rings is 1. The highest BCUT2D eigenvalue weighted by atomic mass is 16.4. The van der Waals surface area contributed by atoms with Crippen molar-refractivity contribution in [2.45, 2.75) is 70.5 Å². The molecule has 0 spiro atoms. The Morgan fingerprint density at radius 2 is 1.92 bits per heavy atom. The number of nitrogens with zero attached hydrogens (tertiary/aromatic N) is 2. The molecule has 0 radical (unpaired) electrons. The van der Waals surface area contributed by atoms with Crippen molar-refractivity contribution in [1.29, 1.82) is 0 Å². The van der Waals surface area contributed by atoms with Crippen molar-refractivity contribution < 1.29 is 9.90 Å². The van der Waals surface area contributed by atoms with Crippen molar-refractivity contribution in [1.82, 2.24) is 14.9 Å². The highest BCUT2D eigenvalue weighted by molar-refractivity contribution is 5.74. The SMILES string of the molecule is O=C(O)C1Cc2c(ncn2CCC23CC4CC(CC(C4)C2)C3)CN1. The monoisotopic (exact) mass is 329 g/mol. The molecule has 1 unspecified atom stereocenters. The van der Waals surface area contributed by atoms with Crippen molar-refractivity contribution in [3.8, 4) is 0 Å². The van der Waals surface area contributed by atoms with E-state index >= 15 is 0 Å². The maximum absolute atomic E-state index is 11.3. The summed E-state index contributed by atoms with van der Waals surface area (Å²) >= 11 is 0. The maximum Gasteiger partial charge on any atom is 0.321 e. The normalized spacial score (nSPS) is 39.8. The minimum absolute atomic E-state index is 0.465. The Balaban J connectivity index is 1.31. The van der Waals surface area contributed by atoms with Gasteiger partial charge in [-0.25, -0.2) is 4.98 Å². The van der Waals surface area contributed by atoms with E-state index < -0.39 is 12.0 Å². The molecule has 1 aromatic heterocycles. The Morgan fingerprint density at radius 1 is 1.25 bits per heavy atom. The lowest BCUT2D eigenvalue weighted by atomic mass is 9.49. The summed E-state index contributed by atoms with van der Waals surface area (Å²) in [6.07, 6.45) is 12.6. The fourth-order valence-corrected chi connectivity index (χ4v) is 6.64. The number of carbonyl (C=O) groups is 1. The summed E-state index contributed by atoms with van der Waals surface area (Å²) in [6.45, 7) is 1.59. The van der Waals surface area contributed by atoms with E-state index in [1.807, 2.05) is 6.33 Å². The first-order valence-electron chi connectivity index (χ1n) is 9.59. The molecule has 4 aliphatic carbocycles. The second-order valence-corrected chi connectivity index (χ2v) is 8.97. The van der Waals surface area contributed by atoms with Gasteiger partial charge in [0, 0.05) is 25.2 Å². The molecule has 5 nitrogen and oxygen atoms in total. The smallest absolute Gasteiger partial charge is 0.321 e. The Bertz CT molecular complexity index is 630. The van der Waals surface area contributed by atoms with Gasteiger partial charge < -0.3 is 9.67 Å². The van der Waals surface area contributed by atoms with Gasteiger partial charge in [0.05, 0.1) is 12.0 Å². The van der Waals surface area contributed by atoms with Gasteiger partial charge in [-0.3, -0.25) is 10.1 Å². The van der Waals surface area contributed by atoms with Crippen LogP contribution in [0.3, 0.4) is 0 Å². The molecular formula is C19H27N3O2. The molecule has 1 aliphatic heterocycles. The summed E-state index contributed by atoms with van der Waals surface area (Å²) in [4.78, 5) is 15.8. The van der Waals surface area contributed by atoms with Crippen molar-refractivity contribution in [2.75, 3.05) is 0 Å². The fourth-order valence-electron chi connectivity index (χ4n) is 6.64. The third-order valence-corrected chi connectivity index (χ3v) is 7.29. The summed E-state index contributed by atoms with van der Waals surface area (Å²) < 4.78 is 2.25. The van der Waals surface area contributed by atoms with Crippen LogP contribution in [0.1, 0.15) is 56.3 Å². The number of rotatable bonds is 4. The second-order valence-electron chi connectivity index (χ2n) is 8.97. The molecule has 1 atom stereocenters. The minimum Gasteiger partial charge on any atom is -0.480 e. The van der Waals surface area contributed by atoms with Crippen molar-refractivity contribution in [3.05, 3.63) is 17.7 Å². The van der Waals surface area contributed by atoms with Crippen LogP contribution in [0.4, 0.5) is 0 Å². The van der Waals surface area contributed by atoms with Crippen LogP contribution in [-0.4, -0.2) is 26.7 Å². The van der Waals surface area contributed by atoms with E-state index in [0.717, 1.165) is 35.7 Å². The first-order chi connectivity index (χ1) is 11.6. The Kier molecular flexibility index (Phi) is 3.31. The number of aromatic nitrogens is 2. The van der Waals surface area contributed by atoms with Gasteiger partial charge in [-0.1, -0.05) is 0 Å². The zero-order chi connectivity index (χ0) is 16.3. The number of carboxylic acid groups (broad SMARTS) is 1. The minimum atomic E-state index is -0.755. The molecule has 4 bridgehead atoms. The number of fused-ring (bicyclic) bond motifs is 1. The van der Waals surface area contributed by atoms with Gasteiger partial charge in [0.15, 0.2) is 0 Å². The standard InChI is InChI=1S/C19H27N3O2/c23-18(24)15-6-17-16(10-20-15)21-11-22(17)2-1-19-7-12-3-13(8-19)5-14(4-12)9-19/h11-15,20H,1-10H2,(H,23,24). The molecule has 2 N–H and O–H groups in total. The van der Waals surface area contributed by atoms with Crippen LogP contribution in [0.2, 0.25) is 0 Å². The molecule has 4 fully saturated rings. The van der Waals surface area contributed by atoms with E-state index in [1.54, 1.807) is 0 Å². The van der Waals surface area contributed by atoms with Crippen LogP contribution in [0, 0.1) is 23.2 Å². The van der Waals surface area contributed by atoms with E-state index in [-0.39, 0.29) is 0 Å². The zero-order valence-electron chi connectivity index (χ0n) is 14.2. The number of hydrogen-bond donors (Lipinski definition) is 2. The van der Waals surface area contributed by atoms with Crippen LogP contribution in [0.25, 0.3) is 0 Å². The number of aryl methyl sites for hydroxylation is 1. The van der Waals surface area contributed by atoms with Crippen molar-refractivity contribution in [2.24, 2.45) is 23.2 Å². The van der Waals surface area contributed by atoms with Crippen LogP contribution < -0.4 is 5.32 Å².